The van der Waals surface area contributed by atoms with E-state index in [0.717, 1.165) is 54.2 Å². The number of nitrogens with zero attached hydrogens (tertiary/aromatic N) is 2. The van der Waals surface area contributed by atoms with E-state index in [1.807, 2.05) is 146 Å². The molecule has 0 N–H and O–H groups in total. The average Bonchev–Trinajstić information content (AvgIpc) is 3.42. The molecule has 0 saturated carbocycles. The van der Waals surface area contributed by atoms with Gasteiger partial charge in [0.1, 0.15) is 34.5 Å². The largest absolute Gasteiger partial charge is 0.497 e. The molecule has 0 unspecified atom stereocenters. The van der Waals surface area contributed by atoms with Gasteiger partial charge in [-0.05, 0) is 158 Å². The van der Waals surface area contributed by atoms with Gasteiger partial charge in [0.2, 0.25) is 20.0 Å². The summed E-state index contributed by atoms with van der Waals surface area (Å²) in [4.78, 5) is 0. The second-order valence-electron chi connectivity index (χ2n) is 17.2. The first-order chi connectivity index (χ1) is 35.7. The van der Waals surface area contributed by atoms with E-state index >= 15 is 0 Å². The Hall–Kier alpha value is -5.62. The van der Waals surface area contributed by atoms with Crippen LogP contribution in [-0.4, -0.2) is 77.6 Å². The molecule has 0 radical (unpaired) electrons. The van der Waals surface area contributed by atoms with Crippen LogP contribution in [0.3, 0.4) is 0 Å². The van der Waals surface area contributed by atoms with Crippen molar-refractivity contribution in [1.82, 2.24) is 8.61 Å². The Bertz CT molecular complexity index is 2520. The number of hydrogen-bond donors (Lipinski definition) is 0. The van der Waals surface area contributed by atoms with E-state index < -0.39 is 30.5 Å². The monoisotopic (exact) mass is 1170 g/mol. The minimum absolute atomic E-state index is 0.247. The highest BCUT2D eigenvalue weighted by atomic mass is 79.9. The van der Waals surface area contributed by atoms with E-state index in [9.17, 15) is 16.8 Å². The number of ether oxygens (including phenoxy) is 6. The van der Waals surface area contributed by atoms with Crippen LogP contribution >= 0.6 is 31.9 Å². The Morgan fingerprint density at radius 2 is 0.649 bits per heavy atom. The maximum atomic E-state index is 14.1. The lowest BCUT2D eigenvalue weighted by molar-refractivity contribution is 0.300. The van der Waals surface area contributed by atoms with Gasteiger partial charge >= 0.3 is 0 Å². The summed E-state index contributed by atoms with van der Waals surface area (Å²) >= 11 is 6.83. The van der Waals surface area contributed by atoms with Crippen molar-refractivity contribution in [3.8, 4) is 34.5 Å². The zero-order valence-corrected chi connectivity index (χ0v) is 47.4. The fourth-order valence-electron chi connectivity index (χ4n) is 7.80. The molecule has 6 aromatic rings. The molecule has 0 aliphatic rings. The van der Waals surface area contributed by atoms with Crippen molar-refractivity contribution in [2.45, 2.75) is 75.2 Å². The van der Waals surface area contributed by atoms with Gasteiger partial charge in [0, 0.05) is 35.1 Å². The predicted octanol–water partition coefficient (Wildman–Crippen LogP) is 13.2. The van der Waals surface area contributed by atoms with Crippen LogP contribution < -0.4 is 28.4 Å². The number of halogens is 2. The summed E-state index contributed by atoms with van der Waals surface area (Å²) < 4.78 is 94.1. The molecule has 6 rings (SSSR count). The van der Waals surface area contributed by atoms with Crippen molar-refractivity contribution < 1.29 is 45.3 Å². The molecule has 74 heavy (non-hydrogen) atoms. The van der Waals surface area contributed by atoms with Crippen molar-refractivity contribution in [2.75, 3.05) is 41.7 Å². The zero-order valence-electron chi connectivity index (χ0n) is 42.6. The molecule has 396 valence electrons. The number of allylic oxidation sites excluding steroid dienone is 2. The lowest BCUT2D eigenvalue weighted by atomic mass is 10.2. The maximum Gasteiger partial charge on any atom is 0.217 e. The van der Waals surface area contributed by atoms with Gasteiger partial charge in [-0.3, -0.25) is 0 Å². The van der Waals surface area contributed by atoms with E-state index in [-0.39, 0.29) is 26.2 Å². The molecule has 0 spiro atoms. The van der Waals surface area contributed by atoms with Gasteiger partial charge in [-0.25, -0.2) is 16.8 Å². The van der Waals surface area contributed by atoms with Crippen LogP contribution in [0, 0.1) is 0 Å². The van der Waals surface area contributed by atoms with Gasteiger partial charge in [-0.15, -0.1) is 13.2 Å². The lowest BCUT2D eigenvalue weighted by Crippen LogP contribution is -2.39. The Kier molecular flexibility index (Phi) is 24.6. The fourth-order valence-corrected chi connectivity index (χ4v) is 12.1. The van der Waals surface area contributed by atoms with Crippen molar-refractivity contribution >= 4 is 51.9 Å². The number of benzene rings is 6. The van der Waals surface area contributed by atoms with E-state index in [1.54, 1.807) is 49.2 Å². The predicted molar refractivity (Wildman–Crippen MR) is 303 cm³/mol. The third-order valence-corrected chi connectivity index (χ3v) is 17.7. The molecule has 6 aromatic carbocycles. The Labute approximate surface area is 456 Å². The molecule has 12 nitrogen and oxygen atoms in total. The van der Waals surface area contributed by atoms with Crippen LogP contribution in [0.2, 0.25) is 0 Å². The normalized spacial score (nSPS) is 12.2. The first-order valence-corrected chi connectivity index (χ1v) is 28.8. The van der Waals surface area contributed by atoms with Crippen LogP contribution in [0.15, 0.2) is 180 Å². The van der Waals surface area contributed by atoms with Crippen molar-refractivity contribution in [3.63, 3.8) is 0 Å². The van der Waals surface area contributed by atoms with Crippen LogP contribution in [0.25, 0.3) is 0 Å². The summed E-state index contributed by atoms with van der Waals surface area (Å²) in [5, 5.41) is -1.23. The number of methoxy groups -OCH3 is 4. The minimum Gasteiger partial charge on any atom is -0.497 e. The Balaban J connectivity index is 0.000000274. The minimum atomic E-state index is -3.69. The Morgan fingerprint density at radius 3 is 0.878 bits per heavy atom. The highest BCUT2D eigenvalue weighted by molar-refractivity contribution is 9.10. The molecule has 0 aliphatic carbocycles. The average molecular weight is 1180 g/mol. The second-order valence-corrected chi connectivity index (χ2v) is 23.4. The third-order valence-electron chi connectivity index (χ3n) is 12.1. The van der Waals surface area contributed by atoms with E-state index in [1.165, 1.54) is 0 Å². The molecular formula is C58H68Br2N2O10S2. The first-order valence-electron chi connectivity index (χ1n) is 24.2. The molecule has 0 aromatic heterocycles. The van der Waals surface area contributed by atoms with Crippen LogP contribution in [0.4, 0.5) is 0 Å². The topological polar surface area (TPSA) is 130 Å². The van der Waals surface area contributed by atoms with Gasteiger partial charge < -0.3 is 28.4 Å². The van der Waals surface area contributed by atoms with Gasteiger partial charge in [0.25, 0.3) is 0 Å². The highest BCUT2D eigenvalue weighted by Crippen LogP contribution is 2.28. The summed E-state index contributed by atoms with van der Waals surface area (Å²) in [6, 6.07) is 44.9. The van der Waals surface area contributed by atoms with Crippen LogP contribution in [-0.2, 0) is 46.2 Å². The van der Waals surface area contributed by atoms with E-state index in [4.69, 9.17) is 28.4 Å². The Morgan fingerprint density at radius 1 is 0.405 bits per heavy atom. The molecule has 0 saturated heterocycles. The van der Waals surface area contributed by atoms with Crippen molar-refractivity contribution in [1.29, 1.82) is 0 Å². The summed E-state index contributed by atoms with van der Waals surface area (Å²) in [5.74, 6) is 4.31. The molecule has 2 atom stereocenters. The standard InChI is InChI=1S/2C29H34BrNO5S/c2*1-4-5-6-29(19-20-36-28-17-11-25(30)12-18-28)37(32,33)31(21-23-7-13-26(34-2)14-8-23)22-24-9-15-27(35-3)16-10-24/h2*4,7-18,29H,1,5-6,19-22H2,2-3H3/t2*29-/m10/s1. The second kappa shape index (κ2) is 30.7. The summed E-state index contributed by atoms with van der Waals surface area (Å²) in [6.07, 6.45) is 6.39. The number of hydrogen-bond acceptors (Lipinski definition) is 10. The molecule has 0 bridgehead atoms. The highest BCUT2D eigenvalue weighted by Gasteiger charge is 2.33. The van der Waals surface area contributed by atoms with Gasteiger partial charge in [0.05, 0.1) is 52.2 Å². The van der Waals surface area contributed by atoms with Gasteiger partial charge in [-0.1, -0.05) is 92.5 Å². The van der Waals surface area contributed by atoms with E-state index in [2.05, 4.69) is 45.0 Å². The molecule has 0 amide bonds. The molecular weight excluding hydrogens is 1110 g/mol. The molecule has 0 aliphatic heterocycles. The third kappa shape index (κ3) is 18.9. The summed E-state index contributed by atoms with van der Waals surface area (Å²) in [5.41, 5.74) is 3.52. The first kappa shape index (κ1) is 59.3. The number of rotatable bonds is 30. The molecule has 16 heteroatoms. The molecule has 0 fully saturated rings. The molecule has 0 heterocycles. The fraction of sp³-hybridized carbons (Fsp3) is 0.310. The van der Waals surface area contributed by atoms with Crippen LogP contribution in [0.1, 0.15) is 60.8 Å². The van der Waals surface area contributed by atoms with Gasteiger partial charge in [-0.2, -0.15) is 8.61 Å². The smallest absolute Gasteiger partial charge is 0.217 e. The van der Waals surface area contributed by atoms with Crippen LogP contribution in [0.5, 0.6) is 34.5 Å². The van der Waals surface area contributed by atoms with Crippen molar-refractivity contribution in [2.24, 2.45) is 0 Å². The SMILES string of the molecule is C=CCC[C@@H](CCOc1ccc(Br)cc1)S(=O)(=O)N(Cc1ccc(OC)cc1)Cc1ccc(OC)cc1.C=CCC[C@H](CCOc1ccc(Br)cc1)S(=O)(=O)N(Cc1ccc(OC)cc1)Cc1ccc(OC)cc1. The lowest BCUT2D eigenvalue weighted by Gasteiger charge is -2.28. The van der Waals surface area contributed by atoms with Crippen molar-refractivity contribution in [3.05, 3.63) is 202 Å². The quantitative estimate of drug-likeness (QED) is 0.0402. The summed E-state index contributed by atoms with van der Waals surface area (Å²) in [6.45, 7) is 9.16. The summed E-state index contributed by atoms with van der Waals surface area (Å²) in [7, 11) is -0.949. The maximum absolute atomic E-state index is 14.1. The zero-order chi connectivity index (χ0) is 53.4. The van der Waals surface area contributed by atoms with Gasteiger partial charge in [0.15, 0.2) is 0 Å². The number of sulfonamides is 2. The van der Waals surface area contributed by atoms with E-state index in [0.29, 0.717) is 63.2 Å².